The van der Waals surface area contributed by atoms with Gasteiger partial charge in [-0.05, 0) is 39.2 Å². The van der Waals surface area contributed by atoms with Gasteiger partial charge in [-0.1, -0.05) is 0 Å². The fourth-order valence-corrected chi connectivity index (χ4v) is 1.93. The van der Waals surface area contributed by atoms with Crippen LogP contribution in [-0.4, -0.2) is 38.3 Å². The van der Waals surface area contributed by atoms with E-state index in [1.165, 1.54) is 12.8 Å². The highest BCUT2D eigenvalue weighted by Gasteiger charge is 2.13. The van der Waals surface area contributed by atoms with Gasteiger partial charge in [0.15, 0.2) is 0 Å². The first kappa shape index (κ1) is 13.5. The van der Waals surface area contributed by atoms with E-state index in [1.54, 1.807) is 7.11 Å². The molecule has 4 heteroatoms. The number of hydrogen-bond acceptors (Lipinski definition) is 3. The maximum absolute atomic E-state index is 11.5. The first-order valence-electron chi connectivity index (χ1n) is 6.25. The summed E-state index contributed by atoms with van der Waals surface area (Å²) in [6.45, 7) is 3.90. The lowest BCUT2D eigenvalue weighted by atomic mass is 10.1. The highest BCUT2D eigenvalue weighted by molar-refractivity contribution is 5.75. The van der Waals surface area contributed by atoms with Gasteiger partial charge in [0.05, 0.1) is 6.10 Å². The fraction of sp³-hybridized carbons (Fsp3) is 0.917. The van der Waals surface area contributed by atoms with E-state index in [2.05, 4.69) is 10.6 Å². The molecule has 0 saturated carbocycles. The summed E-state index contributed by atoms with van der Waals surface area (Å²) in [7, 11) is 1.67. The third-order valence-corrected chi connectivity index (χ3v) is 3.16. The number of ether oxygens (including phenoxy) is 1. The molecule has 0 aromatic rings. The molecule has 0 aromatic carbocycles. The Bertz CT molecular complexity index is 203. The molecule has 2 N–H and O–H groups in total. The summed E-state index contributed by atoms with van der Waals surface area (Å²) in [5.74, 6) is 0.141. The standard InChI is InChI=1S/C12H24N2O2/c1-10(16-2)5-6-12(15)14-9-7-11-4-3-8-13-11/h10-11,13H,3-9H2,1-2H3,(H,14,15). The Hall–Kier alpha value is -0.610. The Kier molecular flexibility index (Phi) is 6.42. The van der Waals surface area contributed by atoms with Crippen molar-refractivity contribution in [2.45, 2.75) is 51.2 Å². The van der Waals surface area contributed by atoms with Gasteiger partial charge >= 0.3 is 0 Å². The van der Waals surface area contributed by atoms with Crippen molar-refractivity contribution in [1.82, 2.24) is 10.6 Å². The third kappa shape index (κ3) is 5.47. The van der Waals surface area contributed by atoms with Gasteiger partial charge < -0.3 is 15.4 Å². The van der Waals surface area contributed by atoms with E-state index in [0.717, 1.165) is 25.9 Å². The largest absolute Gasteiger partial charge is 0.382 e. The molecule has 1 amide bonds. The van der Waals surface area contributed by atoms with E-state index in [4.69, 9.17) is 4.74 Å². The monoisotopic (exact) mass is 228 g/mol. The summed E-state index contributed by atoms with van der Waals surface area (Å²) in [6, 6.07) is 0.609. The zero-order valence-electron chi connectivity index (χ0n) is 10.4. The average Bonchev–Trinajstić information content (AvgIpc) is 2.79. The molecule has 1 aliphatic heterocycles. The molecule has 1 heterocycles. The van der Waals surface area contributed by atoms with Gasteiger partial charge in [-0.25, -0.2) is 0 Å². The average molecular weight is 228 g/mol. The third-order valence-electron chi connectivity index (χ3n) is 3.16. The summed E-state index contributed by atoms with van der Waals surface area (Å²) < 4.78 is 5.10. The molecular weight excluding hydrogens is 204 g/mol. The zero-order chi connectivity index (χ0) is 11.8. The van der Waals surface area contributed by atoms with E-state index in [0.29, 0.717) is 12.5 Å². The number of carbonyl (C=O) groups is 1. The topological polar surface area (TPSA) is 50.4 Å². The van der Waals surface area contributed by atoms with Crippen LogP contribution in [0.25, 0.3) is 0 Å². The van der Waals surface area contributed by atoms with Crippen molar-refractivity contribution in [3.05, 3.63) is 0 Å². The molecular formula is C12H24N2O2. The van der Waals surface area contributed by atoms with E-state index in [1.807, 2.05) is 6.92 Å². The summed E-state index contributed by atoms with van der Waals surface area (Å²) in [6.07, 6.45) is 5.09. The molecule has 4 nitrogen and oxygen atoms in total. The molecule has 0 radical (unpaired) electrons. The van der Waals surface area contributed by atoms with Gasteiger partial charge in [-0.3, -0.25) is 4.79 Å². The highest BCUT2D eigenvalue weighted by Crippen LogP contribution is 2.07. The van der Waals surface area contributed by atoms with Crippen molar-refractivity contribution >= 4 is 5.91 Å². The number of amides is 1. The van der Waals surface area contributed by atoms with Crippen molar-refractivity contribution in [3.63, 3.8) is 0 Å². The van der Waals surface area contributed by atoms with Crippen molar-refractivity contribution in [2.75, 3.05) is 20.2 Å². The molecule has 16 heavy (non-hydrogen) atoms. The SMILES string of the molecule is COC(C)CCC(=O)NCCC1CCCN1. The maximum Gasteiger partial charge on any atom is 0.220 e. The van der Waals surface area contributed by atoms with Crippen LogP contribution in [0.5, 0.6) is 0 Å². The molecule has 1 fully saturated rings. The van der Waals surface area contributed by atoms with Gasteiger partial charge in [0.1, 0.15) is 0 Å². The van der Waals surface area contributed by atoms with Crippen LogP contribution >= 0.6 is 0 Å². The smallest absolute Gasteiger partial charge is 0.220 e. The second kappa shape index (κ2) is 7.63. The molecule has 0 spiro atoms. The molecule has 0 bridgehead atoms. The number of methoxy groups -OCH3 is 1. The van der Waals surface area contributed by atoms with Crippen LogP contribution in [0.3, 0.4) is 0 Å². The summed E-state index contributed by atoms with van der Waals surface area (Å²) in [5, 5.41) is 6.37. The second-order valence-electron chi connectivity index (χ2n) is 4.52. The number of nitrogens with one attached hydrogen (secondary N) is 2. The predicted molar refractivity (Wildman–Crippen MR) is 64.4 cm³/mol. The van der Waals surface area contributed by atoms with Gasteiger partial charge in [0, 0.05) is 26.1 Å². The Balaban J connectivity index is 1.97. The van der Waals surface area contributed by atoms with Crippen LogP contribution in [0.15, 0.2) is 0 Å². The second-order valence-corrected chi connectivity index (χ2v) is 4.52. The van der Waals surface area contributed by atoms with Crippen LogP contribution in [0, 0.1) is 0 Å². The predicted octanol–water partition coefficient (Wildman–Crippen LogP) is 1.06. The van der Waals surface area contributed by atoms with Crippen molar-refractivity contribution in [1.29, 1.82) is 0 Å². The lowest BCUT2D eigenvalue weighted by molar-refractivity contribution is -0.121. The molecule has 94 valence electrons. The lowest BCUT2D eigenvalue weighted by Gasteiger charge is -2.12. The summed E-state index contributed by atoms with van der Waals surface area (Å²) in [5.41, 5.74) is 0. The van der Waals surface area contributed by atoms with Crippen molar-refractivity contribution in [2.24, 2.45) is 0 Å². The van der Waals surface area contributed by atoms with Gasteiger partial charge in [0.25, 0.3) is 0 Å². The lowest BCUT2D eigenvalue weighted by Crippen LogP contribution is -2.30. The molecule has 0 aromatic heterocycles. The zero-order valence-corrected chi connectivity index (χ0v) is 10.4. The normalized spacial score (nSPS) is 22.0. The first-order valence-corrected chi connectivity index (χ1v) is 6.25. The van der Waals surface area contributed by atoms with Crippen LogP contribution in [0.1, 0.15) is 39.0 Å². The number of carbonyl (C=O) groups excluding carboxylic acids is 1. The molecule has 1 saturated heterocycles. The highest BCUT2D eigenvalue weighted by atomic mass is 16.5. The summed E-state index contributed by atoms with van der Waals surface area (Å²) >= 11 is 0. The quantitative estimate of drug-likeness (QED) is 0.685. The maximum atomic E-state index is 11.5. The molecule has 0 aliphatic carbocycles. The number of hydrogen-bond donors (Lipinski definition) is 2. The minimum atomic E-state index is 0.141. The van der Waals surface area contributed by atoms with Crippen molar-refractivity contribution in [3.8, 4) is 0 Å². The van der Waals surface area contributed by atoms with Gasteiger partial charge in [0.2, 0.25) is 5.91 Å². The van der Waals surface area contributed by atoms with Gasteiger partial charge in [-0.2, -0.15) is 0 Å². The molecule has 1 rings (SSSR count). The minimum Gasteiger partial charge on any atom is -0.382 e. The van der Waals surface area contributed by atoms with Crippen LogP contribution in [-0.2, 0) is 9.53 Å². The van der Waals surface area contributed by atoms with Crippen LogP contribution in [0.2, 0.25) is 0 Å². The number of rotatable bonds is 7. The van der Waals surface area contributed by atoms with E-state index in [9.17, 15) is 4.79 Å². The van der Waals surface area contributed by atoms with E-state index >= 15 is 0 Å². The Morgan fingerprint density at radius 3 is 3.06 bits per heavy atom. The molecule has 2 unspecified atom stereocenters. The fourth-order valence-electron chi connectivity index (χ4n) is 1.93. The molecule has 2 atom stereocenters. The van der Waals surface area contributed by atoms with Crippen molar-refractivity contribution < 1.29 is 9.53 Å². The minimum absolute atomic E-state index is 0.141. The Morgan fingerprint density at radius 2 is 2.44 bits per heavy atom. The van der Waals surface area contributed by atoms with Gasteiger partial charge in [-0.15, -0.1) is 0 Å². The summed E-state index contributed by atoms with van der Waals surface area (Å²) in [4.78, 5) is 11.5. The Morgan fingerprint density at radius 1 is 1.62 bits per heavy atom. The molecule has 1 aliphatic rings. The Labute approximate surface area is 98.1 Å². The first-order chi connectivity index (χ1) is 7.72. The van der Waals surface area contributed by atoms with E-state index in [-0.39, 0.29) is 12.0 Å². The van der Waals surface area contributed by atoms with Crippen LogP contribution in [0.4, 0.5) is 0 Å². The van der Waals surface area contributed by atoms with Crippen LogP contribution < -0.4 is 10.6 Å². The van der Waals surface area contributed by atoms with E-state index < -0.39 is 0 Å².